The maximum atomic E-state index is 4.47. The second-order valence-corrected chi connectivity index (χ2v) is 4.47. The molecule has 0 saturated carbocycles. The van der Waals surface area contributed by atoms with E-state index in [9.17, 15) is 0 Å². The van der Waals surface area contributed by atoms with Gasteiger partial charge in [0.15, 0.2) is 5.96 Å². The second-order valence-electron chi connectivity index (χ2n) is 3.48. The van der Waals surface area contributed by atoms with Crippen LogP contribution >= 0.6 is 11.8 Å². The van der Waals surface area contributed by atoms with E-state index >= 15 is 0 Å². The lowest BCUT2D eigenvalue weighted by atomic mass is 10.6. The van der Waals surface area contributed by atoms with Crippen molar-refractivity contribution in [2.75, 3.05) is 31.6 Å². The van der Waals surface area contributed by atoms with Gasteiger partial charge in [0.25, 0.3) is 0 Å². The topological polar surface area (TPSA) is 54.2 Å². The highest BCUT2D eigenvalue weighted by molar-refractivity contribution is 7.98. The summed E-state index contributed by atoms with van der Waals surface area (Å²) >= 11 is 1.81. The highest BCUT2D eigenvalue weighted by atomic mass is 32.2. The van der Waals surface area contributed by atoms with Crippen LogP contribution in [0.3, 0.4) is 0 Å². The van der Waals surface area contributed by atoms with Gasteiger partial charge >= 0.3 is 0 Å². The number of aliphatic imine (C=N–C) groups is 1. The molecule has 96 valence electrons. The normalized spacial score (nSPS) is 11.5. The lowest BCUT2D eigenvalue weighted by Gasteiger charge is -2.11. The molecule has 1 aromatic heterocycles. The van der Waals surface area contributed by atoms with Crippen LogP contribution in [-0.2, 0) is 6.54 Å². The largest absolute Gasteiger partial charge is 0.357 e. The van der Waals surface area contributed by atoms with Gasteiger partial charge in [-0.25, -0.2) is 4.98 Å². The van der Waals surface area contributed by atoms with Crippen molar-refractivity contribution in [1.82, 2.24) is 20.2 Å². The van der Waals surface area contributed by atoms with E-state index in [0.717, 1.165) is 37.9 Å². The highest BCUT2D eigenvalue weighted by Gasteiger charge is 1.96. The van der Waals surface area contributed by atoms with Crippen LogP contribution in [0.2, 0.25) is 0 Å². The Bertz CT molecular complexity index is 310. The van der Waals surface area contributed by atoms with Crippen LogP contribution in [0.15, 0.2) is 23.7 Å². The zero-order chi connectivity index (χ0) is 12.3. The van der Waals surface area contributed by atoms with Gasteiger partial charge in [-0.15, -0.1) is 0 Å². The van der Waals surface area contributed by atoms with Crippen molar-refractivity contribution in [2.24, 2.45) is 4.99 Å². The van der Waals surface area contributed by atoms with Gasteiger partial charge in [-0.1, -0.05) is 0 Å². The fraction of sp³-hybridized carbons (Fsp3) is 0.636. The molecule has 5 nitrogen and oxygen atoms in total. The van der Waals surface area contributed by atoms with Crippen LogP contribution in [0.5, 0.6) is 0 Å². The van der Waals surface area contributed by atoms with Crippen LogP contribution in [-0.4, -0.2) is 47.2 Å². The molecule has 0 aliphatic carbocycles. The molecule has 17 heavy (non-hydrogen) atoms. The molecule has 0 aliphatic rings. The number of thioether (sulfide) groups is 1. The number of nitrogens with zero attached hydrogens (tertiary/aromatic N) is 3. The van der Waals surface area contributed by atoms with Crippen LogP contribution in [0, 0.1) is 0 Å². The molecule has 0 bridgehead atoms. The van der Waals surface area contributed by atoms with Crippen molar-refractivity contribution in [1.29, 1.82) is 0 Å². The lowest BCUT2D eigenvalue weighted by Crippen LogP contribution is -2.39. The van der Waals surface area contributed by atoms with Crippen molar-refractivity contribution in [3.05, 3.63) is 18.7 Å². The number of nitrogens with one attached hydrogen (secondary N) is 2. The summed E-state index contributed by atoms with van der Waals surface area (Å²) in [6.45, 7) is 5.55. The standard InChI is InChI=1S/C11H21N5S/c1-3-13-11(15-6-9-17-2)14-5-8-16-7-4-12-10-16/h4,7,10H,3,5-6,8-9H2,1-2H3,(H2,13,14,15). The van der Waals surface area contributed by atoms with E-state index in [4.69, 9.17) is 0 Å². The second kappa shape index (κ2) is 8.92. The third-order valence-corrected chi connectivity index (χ3v) is 2.72. The molecule has 0 aromatic carbocycles. The monoisotopic (exact) mass is 255 g/mol. The third kappa shape index (κ3) is 6.21. The fourth-order valence-electron chi connectivity index (χ4n) is 1.31. The molecule has 1 aromatic rings. The Morgan fingerprint density at radius 2 is 2.35 bits per heavy atom. The number of hydrogen-bond donors (Lipinski definition) is 2. The first-order valence-corrected chi connectivity index (χ1v) is 7.23. The smallest absolute Gasteiger partial charge is 0.191 e. The minimum absolute atomic E-state index is 0.849. The maximum absolute atomic E-state index is 4.47. The molecule has 6 heteroatoms. The van der Waals surface area contributed by atoms with Gasteiger partial charge < -0.3 is 15.2 Å². The molecule has 0 amide bonds. The quantitative estimate of drug-likeness (QED) is 0.430. The molecule has 1 rings (SSSR count). The predicted octanol–water partition coefficient (Wildman–Crippen LogP) is 0.801. The SMILES string of the molecule is CCNC(=NCCSC)NCCn1ccnc1. The zero-order valence-electron chi connectivity index (χ0n) is 10.5. The average Bonchev–Trinajstić information content (AvgIpc) is 2.82. The number of guanidine groups is 1. The molecule has 0 unspecified atom stereocenters. The van der Waals surface area contributed by atoms with Crippen LogP contribution in [0.4, 0.5) is 0 Å². The summed E-state index contributed by atoms with van der Waals surface area (Å²) in [5.41, 5.74) is 0. The van der Waals surface area contributed by atoms with E-state index in [1.807, 2.05) is 28.9 Å². The predicted molar refractivity (Wildman–Crippen MR) is 74.6 cm³/mol. The van der Waals surface area contributed by atoms with Gasteiger partial charge in [0, 0.05) is 37.8 Å². The van der Waals surface area contributed by atoms with Crippen LogP contribution in [0.1, 0.15) is 6.92 Å². The summed E-state index contributed by atoms with van der Waals surface area (Å²) in [6, 6.07) is 0. The Hall–Kier alpha value is -1.17. The first-order valence-electron chi connectivity index (χ1n) is 5.83. The Kier molecular flexibility index (Phi) is 7.29. The van der Waals surface area contributed by atoms with E-state index in [1.54, 1.807) is 6.20 Å². The van der Waals surface area contributed by atoms with Crippen molar-refractivity contribution in [3.63, 3.8) is 0 Å². The van der Waals surface area contributed by atoms with Gasteiger partial charge in [-0.2, -0.15) is 11.8 Å². The highest BCUT2D eigenvalue weighted by Crippen LogP contribution is 1.90. The summed E-state index contributed by atoms with van der Waals surface area (Å²) in [6.07, 6.45) is 7.66. The molecule has 1 heterocycles. The van der Waals surface area contributed by atoms with Gasteiger partial charge in [-0.05, 0) is 13.2 Å². The number of imidazole rings is 1. The molecular weight excluding hydrogens is 234 g/mol. The van der Waals surface area contributed by atoms with E-state index in [2.05, 4.69) is 33.8 Å². The minimum Gasteiger partial charge on any atom is -0.357 e. The molecule has 0 saturated heterocycles. The molecule has 0 spiro atoms. The van der Waals surface area contributed by atoms with E-state index in [1.165, 1.54) is 0 Å². The van der Waals surface area contributed by atoms with Gasteiger partial charge in [0.2, 0.25) is 0 Å². The van der Waals surface area contributed by atoms with Crippen molar-refractivity contribution < 1.29 is 0 Å². The summed E-state index contributed by atoms with van der Waals surface area (Å²) in [5, 5.41) is 6.53. The lowest BCUT2D eigenvalue weighted by molar-refractivity contribution is 0.662. The van der Waals surface area contributed by atoms with Crippen LogP contribution in [0.25, 0.3) is 0 Å². The number of aromatic nitrogens is 2. The zero-order valence-corrected chi connectivity index (χ0v) is 11.3. The molecule has 0 atom stereocenters. The Morgan fingerprint density at radius 1 is 1.47 bits per heavy atom. The van der Waals surface area contributed by atoms with Crippen molar-refractivity contribution in [2.45, 2.75) is 13.5 Å². The Balaban J connectivity index is 2.25. The molecular formula is C11H21N5S. The van der Waals surface area contributed by atoms with Gasteiger partial charge in [-0.3, -0.25) is 4.99 Å². The molecule has 0 aliphatic heterocycles. The summed E-state index contributed by atoms with van der Waals surface area (Å²) in [4.78, 5) is 8.47. The third-order valence-electron chi connectivity index (χ3n) is 2.13. The van der Waals surface area contributed by atoms with E-state index in [-0.39, 0.29) is 0 Å². The summed E-state index contributed by atoms with van der Waals surface area (Å²) in [7, 11) is 0. The maximum Gasteiger partial charge on any atom is 0.191 e. The Labute approximate surface area is 107 Å². The fourth-order valence-corrected chi connectivity index (χ4v) is 1.59. The van der Waals surface area contributed by atoms with Gasteiger partial charge in [0.05, 0.1) is 12.9 Å². The summed E-state index contributed by atoms with van der Waals surface area (Å²) < 4.78 is 2.04. The van der Waals surface area contributed by atoms with Crippen molar-refractivity contribution >= 4 is 17.7 Å². The van der Waals surface area contributed by atoms with Crippen molar-refractivity contribution in [3.8, 4) is 0 Å². The average molecular weight is 255 g/mol. The first-order chi connectivity index (χ1) is 8.36. The Morgan fingerprint density at radius 3 is 3.00 bits per heavy atom. The number of hydrogen-bond acceptors (Lipinski definition) is 3. The molecule has 2 N–H and O–H groups in total. The molecule has 0 radical (unpaired) electrons. The molecule has 0 fully saturated rings. The van der Waals surface area contributed by atoms with E-state index < -0.39 is 0 Å². The summed E-state index contributed by atoms with van der Waals surface area (Å²) in [5.74, 6) is 1.94. The van der Waals surface area contributed by atoms with Gasteiger partial charge in [0.1, 0.15) is 0 Å². The first kappa shape index (κ1) is 13.9. The minimum atomic E-state index is 0.849. The number of rotatable bonds is 7. The van der Waals surface area contributed by atoms with E-state index in [0.29, 0.717) is 0 Å². The van der Waals surface area contributed by atoms with Crippen LogP contribution < -0.4 is 10.6 Å².